The van der Waals surface area contributed by atoms with Gasteiger partial charge in [-0.05, 0) is 35.9 Å². The van der Waals surface area contributed by atoms with E-state index in [0.29, 0.717) is 24.6 Å². The highest BCUT2D eigenvalue weighted by Crippen LogP contribution is 2.28. The molecule has 1 amide bonds. The van der Waals surface area contributed by atoms with Gasteiger partial charge in [0.25, 0.3) is 5.91 Å². The number of carbonyl (C=O) groups is 1. The van der Waals surface area contributed by atoms with E-state index in [9.17, 15) is 4.79 Å². The first-order valence-electron chi connectivity index (χ1n) is 9.17. The second kappa shape index (κ2) is 8.43. The molecule has 0 fully saturated rings. The third kappa shape index (κ3) is 4.35. The minimum Gasteiger partial charge on any atom is -0.484 e. The van der Waals surface area contributed by atoms with E-state index >= 15 is 0 Å². The SMILES string of the molecule is NC(=O)C1=CC2CN1/C=C/N=COC/C=C/C=C/c1ccc3nccc(c3c1)O2. The van der Waals surface area contributed by atoms with Gasteiger partial charge in [0.1, 0.15) is 24.2 Å². The fourth-order valence-corrected chi connectivity index (χ4v) is 3.16. The summed E-state index contributed by atoms with van der Waals surface area (Å²) in [5.74, 6) is 0.174. The minimum absolute atomic E-state index is 0.339. The van der Waals surface area contributed by atoms with Gasteiger partial charge in [-0.3, -0.25) is 9.78 Å². The molecule has 0 saturated carbocycles. The second-order valence-corrected chi connectivity index (χ2v) is 6.48. The third-order valence-electron chi connectivity index (χ3n) is 4.48. The highest BCUT2D eigenvalue weighted by molar-refractivity contribution is 5.92. The van der Waals surface area contributed by atoms with Crippen LogP contribution in [-0.4, -0.2) is 41.4 Å². The molecule has 4 rings (SSSR count). The Balaban J connectivity index is 1.73. The Bertz CT molecular complexity index is 1070. The van der Waals surface area contributed by atoms with Crippen LogP contribution in [0.4, 0.5) is 0 Å². The number of hydrogen-bond donors (Lipinski definition) is 1. The standard InChI is InChI=1S/C22H20N4O3/c23-22(27)20-13-17-14-26(20)10-9-24-15-28-11-3-1-2-4-16-5-6-19-18(12-16)21(29-17)7-8-25-19/h1-10,12-13,15,17H,11,14H2,(H2,23,27)/b3-1+,4-2+,10-9+,24-15?. The Labute approximate surface area is 168 Å². The number of nitrogens with zero attached hydrogens (tertiary/aromatic N) is 3. The molecule has 146 valence electrons. The molecule has 2 N–H and O–H groups in total. The number of fused-ring (bicyclic) bond motifs is 3. The van der Waals surface area contributed by atoms with Gasteiger partial charge in [0.2, 0.25) is 0 Å². The van der Waals surface area contributed by atoms with Crippen LogP contribution in [0.1, 0.15) is 5.56 Å². The lowest BCUT2D eigenvalue weighted by Gasteiger charge is -2.18. The first-order chi connectivity index (χ1) is 14.2. The summed E-state index contributed by atoms with van der Waals surface area (Å²) in [4.78, 5) is 22.0. The molecule has 2 aromatic rings. The number of amides is 1. The highest BCUT2D eigenvalue weighted by atomic mass is 16.5. The molecule has 2 aliphatic rings. The number of ether oxygens (including phenoxy) is 2. The summed E-state index contributed by atoms with van der Waals surface area (Å²) in [6.45, 7) is 0.844. The van der Waals surface area contributed by atoms with Crippen molar-refractivity contribution in [1.29, 1.82) is 0 Å². The van der Waals surface area contributed by atoms with Crippen LogP contribution in [0.25, 0.3) is 17.0 Å². The van der Waals surface area contributed by atoms with Gasteiger partial charge in [-0.1, -0.05) is 24.3 Å². The van der Waals surface area contributed by atoms with E-state index in [0.717, 1.165) is 16.5 Å². The molecular formula is C22H20N4O3. The number of carbonyl (C=O) groups excluding carboxylic acids is 1. The van der Waals surface area contributed by atoms with Crippen LogP contribution < -0.4 is 10.5 Å². The van der Waals surface area contributed by atoms with Gasteiger partial charge in [0.15, 0.2) is 6.40 Å². The number of pyridine rings is 1. The van der Waals surface area contributed by atoms with Crippen molar-refractivity contribution in [1.82, 2.24) is 9.88 Å². The van der Waals surface area contributed by atoms with E-state index in [1.165, 1.54) is 6.40 Å². The van der Waals surface area contributed by atoms with Crippen molar-refractivity contribution < 1.29 is 14.3 Å². The van der Waals surface area contributed by atoms with Gasteiger partial charge in [-0.15, -0.1) is 0 Å². The Morgan fingerprint density at radius 2 is 2.17 bits per heavy atom. The zero-order valence-electron chi connectivity index (χ0n) is 15.6. The Kier molecular flexibility index (Phi) is 5.38. The molecule has 4 bridgehead atoms. The minimum atomic E-state index is -0.524. The van der Waals surface area contributed by atoms with Crippen molar-refractivity contribution in [3.8, 4) is 5.75 Å². The monoisotopic (exact) mass is 388 g/mol. The number of hydrogen-bond acceptors (Lipinski definition) is 6. The topological polar surface area (TPSA) is 90.0 Å². The molecule has 7 nitrogen and oxygen atoms in total. The van der Waals surface area contributed by atoms with E-state index in [-0.39, 0.29) is 6.10 Å². The van der Waals surface area contributed by atoms with Gasteiger partial charge < -0.3 is 20.1 Å². The summed E-state index contributed by atoms with van der Waals surface area (Å²) in [5, 5.41) is 0.899. The summed E-state index contributed by atoms with van der Waals surface area (Å²) < 4.78 is 11.5. The van der Waals surface area contributed by atoms with Crippen LogP contribution in [0.5, 0.6) is 5.75 Å². The lowest BCUT2D eigenvalue weighted by Crippen LogP contribution is -2.27. The summed E-state index contributed by atoms with van der Waals surface area (Å²) in [6.07, 6.45) is 15.4. The van der Waals surface area contributed by atoms with Crippen molar-refractivity contribution in [2.45, 2.75) is 6.10 Å². The average molecular weight is 388 g/mol. The smallest absolute Gasteiger partial charge is 0.265 e. The van der Waals surface area contributed by atoms with E-state index in [1.54, 1.807) is 29.6 Å². The molecule has 0 radical (unpaired) electrons. The number of aliphatic imine (C=N–C) groups is 1. The number of nitrogens with two attached hydrogens (primary N) is 1. The Morgan fingerprint density at radius 3 is 3.07 bits per heavy atom. The van der Waals surface area contributed by atoms with Crippen LogP contribution >= 0.6 is 0 Å². The number of allylic oxidation sites excluding steroid dienone is 2. The molecule has 0 aliphatic carbocycles. The van der Waals surface area contributed by atoms with Crippen molar-refractivity contribution >= 4 is 29.3 Å². The van der Waals surface area contributed by atoms with Crippen molar-refractivity contribution in [3.63, 3.8) is 0 Å². The molecule has 1 aromatic carbocycles. The third-order valence-corrected chi connectivity index (χ3v) is 4.48. The van der Waals surface area contributed by atoms with Crippen LogP contribution in [0.15, 0.2) is 77.9 Å². The summed E-state index contributed by atoms with van der Waals surface area (Å²) in [7, 11) is 0. The lowest BCUT2D eigenvalue weighted by atomic mass is 10.1. The molecule has 7 heteroatoms. The second-order valence-electron chi connectivity index (χ2n) is 6.48. The van der Waals surface area contributed by atoms with Crippen LogP contribution in [0, 0.1) is 0 Å². The fraction of sp³-hybridized carbons (Fsp3) is 0.136. The van der Waals surface area contributed by atoms with Gasteiger partial charge in [-0.25, -0.2) is 4.99 Å². The fourth-order valence-electron chi connectivity index (χ4n) is 3.16. The Hall–Kier alpha value is -3.87. The van der Waals surface area contributed by atoms with Crippen LogP contribution in [0.2, 0.25) is 0 Å². The first kappa shape index (κ1) is 18.5. The number of benzene rings is 1. The highest BCUT2D eigenvalue weighted by Gasteiger charge is 2.27. The largest absolute Gasteiger partial charge is 0.484 e. The van der Waals surface area contributed by atoms with Crippen LogP contribution in [-0.2, 0) is 9.53 Å². The van der Waals surface area contributed by atoms with Crippen LogP contribution in [0.3, 0.4) is 0 Å². The maximum Gasteiger partial charge on any atom is 0.265 e. The molecule has 1 aromatic heterocycles. The average Bonchev–Trinajstić information content (AvgIpc) is 3.12. The molecule has 3 heterocycles. The van der Waals surface area contributed by atoms with Gasteiger partial charge in [0, 0.05) is 24.0 Å². The zero-order valence-corrected chi connectivity index (χ0v) is 15.6. The van der Waals surface area contributed by atoms with E-state index < -0.39 is 5.91 Å². The molecule has 2 aliphatic heterocycles. The maximum absolute atomic E-state index is 11.8. The molecule has 0 saturated heterocycles. The van der Waals surface area contributed by atoms with Crippen molar-refractivity contribution in [3.05, 3.63) is 78.4 Å². The van der Waals surface area contributed by atoms with Gasteiger partial charge in [-0.2, -0.15) is 0 Å². The molecule has 1 unspecified atom stereocenters. The number of rotatable bonds is 1. The van der Waals surface area contributed by atoms with E-state index in [4.69, 9.17) is 15.2 Å². The quantitative estimate of drug-likeness (QED) is 0.811. The van der Waals surface area contributed by atoms with E-state index in [1.807, 2.05) is 48.6 Å². The van der Waals surface area contributed by atoms with Gasteiger partial charge in [0.05, 0.1) is 12.1 Å². The predicted molar refractivity (Wildman–Crippen MR) is 112 cm³/mol. The summed E-state index contributed by atoms with van der Waals surface area (Å²) in [6, 6.07) is 7.81. The predicted octanol–water partition coefficient (Wildman–Crippen LogP) is 2.77. The number of primary amides is 1. The lowest BCUT2D eigenvalue weighted by molar-refractivity contribution is -0.115. The first-order valence-corrected chi connectivity index (χ1v) is 9.17. The molecule has 29 heavy (non-hydrogen) atoms. The summed E-state index contributed by atoms with van der Waals surface area (Å²) >= 11 is 0. The molecular weight excluding hydrogens is 368 g/mol. The number of aromatic nitrogens is 1. The van der Waals surface area contributed by atoms with Gasteiger partial charge >= 0.3 is 0 Å². The molecule has 0 spiro atoms. The van der Waals surface area contributed by atoms with Crippen molar-refractivity contribution in [2.75, 3.05) is 13.2 Å². The Morgan fingerprint density at radius 1 is 1.24 bits per heavy atom. The van der Waals surface area contributed by atoms with Crippen molar-refractivity contribution in [2.24, 2.45) is 10.7 Å². The van der Waals surface area contributed by atoms with E-state index in [2.05, 4.69) is 9.98 Å². The normalized spacial score (nSPS) is 22.1. The maximum atomic E-state index is 11.8. The molecule has 1 atom stereocenters. The summed E-state index contributed by atoms with van der Waals surface area (Å²) in [5.41, 5.74) is 7.74. The zero-order chi connectivity index (χ0) is 20.1.